The Morgan fingerprint density at radius 2 is 1.90 bits per heavy atom. The number of anilines is 1. The van der Waals surface area contributed by atoms with Gasteiger partial charge in [-0.2, -0.15) is 9.40 Å². The van der Waals surface area contributed by atoms with E-state index in [9.17, 15) is 13.2 Å². The smallest absolute Gasteiger partial charge is 0.259 e. The lowest BCUT2D eigenvalue weighted by atomic mass is 9.95. The van der Waals surface area contributed by atoms with Gasteiger partial charge in [-0.1, -0.05) is 17.7 Å². The summed E-state index contributed by atoms with van der Waals surface area (Å²) in [4.78, 5) is 22.5. The summed E-state index contributed by atoms with van der Waals surface area (Å²) in [6.07, 6.45) is 4.56. The summed E-state index contributed by atoms with van der Waals surface area (Å²) in [6, 6.07) is 7.09. The van der Waals surface area contributed by atoms with Gasteiger partial charge in [-0.05, 0) is 43.2 Å². The van der Waals surface area contributed by atoms with Crippen LogP contribution in [0.15, 0.2) is 41.6 Å². The highest BCUT2D eigenvalue weighted by Crippen LogP contribution is 2.36. The van der Waals surface area contributed by atoms with E-state index in [1.54, 1.807) is 46.6 Å². The van der Waals surface area contributed by atoms with Crippen LogP contribution in [0.2, 0.25) is 5.15 Å². The molecular formula is C26H28ClN9O3S. The molecule has 40 heavy (non-hydrogen) atoms. The maximum atomic E-state index is 13.7. The first-order valence-corrected chi connectivity index (χ1v) is 14.9. The van der Waals surface area contributed by atoms with Crippen molar-refractivity contribution in [3.8, 4) is 11.5 Å². The molecule has 5 heterocycles. The Bertz CT molecular complexity index is 1970. The molecule has 1 aromatic carbocycles. The second-order valence-corrected chi connectivity index (χ2v) is 12.7. The second kappa shape index (κ2) is 9.39. The Morgan fingerprint density at radius 3 is 2.58 bits per heavy atom. The van der Waals surface area contributed by atoms with E-state index in [-0.39, 0.29) is 17.6 Å². The van der Waals surface area contributed by atoms with Gasteiger partial charge in [0, 0.05) is 49.4 Å². The molecule has 5 aromatic rings. The van der Waals surface area contributed by atoms with Gasteiger partial charge in [-0.15, -0.1) is 5.10 Å². The van der Waals surface area contributed by atoms with Crippen molar-refractivity contribution in [2.45, 2.75) is 25.9 Å². The number of pyridine rings is 2. The zero-order valence-corrected chi connectivity index (χ0v) is 24.2. The van der Waals surface area contributed by atoms with E-state index in [1.165, 1.54) is 10.6 Å². The summed E-state index contributed by atoms with van der Waals surface area (Å²) >= 11 is 6.22. The minimum absolute atomic E-state index is 0.146. The normalized spacial score (nSPS) is 15.6. The van der Waals surface area contributed by atoms with Gasteiger partial charge in [0.15, 0.2) is 0 Å². The molecule has 12 nitrogen and oxygen atoms in total. The van der Waals surface area contributed by atoms with Crippen molar-refractivity contribution < 1.29 is 8.42 Å². The summed E-state index contributed by atoms with van der Waals surface area (Å²) in [7, 11) is 0.226. The van der Waals surface area contributed by atoms with E-state index in [0.717, 1.165) is 21.9 Å². The molecule has 1 N–H and O–H groups in total. The summed E-state index contributed by atoms with van der Waals surface area (Å²) in [6.45, 7) is 4.61. The minimum atomic E-state index is -3.28. The SMILES string of the molecule is Cc1cc(C(C)Nc2ccc(Cl)nc2-c2ncn(C)n2)c2c(c1)c(=O)n(C)c1c2cnn1C1CN(S(C)(=O)=O)C1. The first kappa shape index (κ1) is 26.4. The summed E-state index contributed by atoms with van der Waals surface area (Å²) in [5.41, 5.74) is 3.59. The molecule has 1 unspecified atom stereocenters. The number of hydrogen-bond donors (Lipinski definition) is 1. The summed E-state index contributed by atoms with van der Waals surface area (Å²) < 4.78 is 30.2. The van der Waals surface area contributed by atoms with Gasteiger partial charge in [0.2, 0.25) is 15.8 Å². The molecule has 0 amide bonds. The highest BCUT2D eigenvalue weighted by atomic mass is 35.5. The Hall–Kier alpha value is -3.81. The van der Waals surface area contributed by atoms with Crippen LogP contribution in [0.25, 0.3) is 33.3 Å². The molecule has 1 aliphatic rings. The molecule has 0 saturated carbocycles. The number of halogens is 1. The zero-order chi connectivity index (χ0) is 28.5. The van der Waals surface area contributed by atoms with Gasteiger partial charge in [0.05, 0.1) is 24.2 Å². The van der Waals surface area contributed by atoms with Crippen LogP contribution >= 0.6 is 11.6 Å². The van der Waals surface area contributed by atoms with Gasteiger partial charge in [0.25, 0.3) is 5.56 Å². The van der Waals surface area contributed by atoms with Gasteiger partial charge in [-0.3, -0.25) is 14.0 Å². The van der Waals surface area contributed by atoms with E-state index in [2.05, 4.69) is 31.5 Å². The summed E-state index contributed by atoms with van der Waals surface area (Å²) in [5, 5.41) is 15.1. The number of hydrogen-bond acceptors (Lipinski definition) is 8. The fourth-order valence-corrected chi connectivity index (χ4v) is 6.39. The maximum absolute atomic E-state index is 13.7. The van der Waals surface area contributed by atoms with Crippen LogP contribution in [-0.2, 0) is 24.1 Å². The number of rotatable bonds is 6. The Labute approximate surface area is 235 Å². The second-order valence-electron chi connectivity index (χ2n) is 10.3. The number of benzene rings is 1. The van der Waals surface area contributed by atoms with E-state index < -0.39 is 10.0 Å². The number of aryl methyl sites for hydroxylation is 3. The maximum Gasteiger partial charge on any atom is 0.259 e. The van der Waals surface area contributed by atoms with Gasteiger partial charge in [0.1, 0.15) is 22.8 Å². The van der Waals surface area contributed by atoms with Crippen LogP contribution in [0.4, 0.5) is 5.69 Å². The largest absolute Gasteiger partial charge is 0.377 e. The van der Waals surface area contributed by atoms with Crippen LogP contribution < -0.4 is 10.9 Å². The van der Waals surface area contributed by atoms with Gasteiger partial charge in [-0.25, -0.2) is 23.1 Å². The quantitative estimate of drug-likeness (QED) is 0.303. The molecule has 1 atom stereocenters. The third-order valence-corrected chi connectivity index (χ3v) is 8.81. The highest BCUT2D eigenvalue weighted by Gasteiger charge is 2.36. The minimum Gasteiger partial charge on any atom is -0.377 e. The molecule has 0 aliphatic carbocycles. The van der Waals surface area contributed by atoms with E-state index in [1.807, 2.05) is 26.0 Å². The average molecular weight is 582 g/mol. The Morgan fingerprint density at radius 1 is 1.15 bits per heavy atom. The zero-order valence-electron chi connectivity index (χ0n) is 22.6. The van der Waals surface area contributed by atoms with Crippen LogP contribution in [0.3, 0.4) is 0 Å². The Kier molecular flexibility index (Phi) is 6.20. The van der Waals surface area contributed by atoms with Crippen LogP contribution in [0.5, 0.6) is 0 Å². The average Bonchev–Trinajstić information content (AvgIpc) is 3.48. The van der Waals surface area contributed by atoms with Crippen molar-refractivity contribution in [3.05, 3.63) is 63.4 Å². The molecule has 0 bridgehead atoms. The third-order valence-electron chi connectivity index (χ3n) is 7.36. The van der Waals surface area contributed by atoms with E-state index in [4.69, 9.17) is 11.6 Å². The first-order valence-electron chi connectivity index (χ1n) is 12.7. The summed E-state index contributed by atoms with van der Waals surface area (Å²) in [5.74, 6) is 0.440. The predicted octanol–water partition coefficient (Wildman–Crippen LogP) is 3.03. The predicted molar refractivity (Wildman–Crippen MR) is 154 cm³/mol. The molecule has 1 aliphatic heterocycles. The van der Waals surface area contributed by atoms with Crippen LogP contribution in [0, 0.1) is 6.92 Å². The lowest BCUT2D eigenvalue weighted by molar-refractivity contribution is 0.195. The lowest BCUT2D eigenvalue weighted by Crippen LogP contribution is -2.50. The van der Waals surface area contributed by atoms with Gasteiger partial charge < -0.3 is 5.32 Å². The molecule has 208 valence electrons. The first-order chi connectivity index (χ1) is 18.9. The topological polar surface area (TPSA) is 133 Å². The molecule has 0 radical (unpaired) electrons. The highest BCUT2D eigenvalue weighted by molar-refractivity contribution is 7.88. The molecule has 1 saturated heterocycles. The third kappa shape index (κ3) is 4.34. The van der Waals surface area contributed by atoms with Crippen LogP contribution in [-0.4, -0.2) is 66.2 Å². The van der Waals surface area contributed by atoms with Crippen molar-refractivity contribution in [1.29, 1.82) is 0 Å². The fourth-order valence-electron chi connectivity index (χ4n) is 5.36. The van der Waals surface area contributed by atoms with E-state index >= 15 is 0 Å². The molecule has 1 fully saturated rings. The van der Waals surface area contributed by atoms with Crippen LogP contribution in [0.1, 0.15) is 30.1 Å². The van der Waals surface area contributed by atoms with Crippen molar-refractivity contribution in [3.63, 3.8) is 0 Å². The van der Waals surface area contributed by atoms with Crippen molar-refractivity contribution in [1.82, 2.24) is 38.4 Å². The number of nitrogens with one attached hydrogen (secondary N) is 1. The standard InChI is InChI=1S/C26H28ClN9O3S/c1-14-8-17(15(2)30-20-6-7-21(27)31-23(20)24-28-13-33(3)32-24)22-18(9-14)26(37)34(4)25-19(22)10-29-36(25)16-11-35(12-16)40(5,38)39/h6-10,13,15-16,30H,11-12H2,1-5H3. The Balaban J connectivity index is 1.48. The monoisotopic (exact) mass is 581 g/mol. The molecule has 0 spiro atoms. The molecule has 4 aromatic heterocycles. The van der Waals surface area contributed by atoms with Gasteiger partial charge >= 0.3 is 0 Å². The van der Waals surface area contributed by atoms with Crippen molar-refractivity contribution >= 4 is 49.1 Å². The molecule has 6 rings (SSSR count). The van der Waals surface area contributed by atoms with Crippen molar-refractivity contribution in [2.24, 2.45) is 14.1 Å². The van der Waals surface area contributed by atoms with Crippen molar-refractivity contribution in [2.75, 3.05) is 24.7 Å². The number of fused-ring (bicyclic) bond motifs is 3. The number of aromatic nitrogens is 7. The number of nitrogens with zero attached hydrogens (tertiary/aromatic N) is 8. The molecule has 14 heteroatoms. The lowest BCUT2D eigenvalue weighted by Gasteiger charge is -2.37. The van der Waals surface area contributed by atoms with E-state index in [0.29, 0.717) is 46.5 Å². The number of sulfonamides is 1. The fraction of sp³-hybridized carbons (Fsp3) is 0.346. The molecular weight excluding hydrogens is 554 g/mol.